The fourth-order valence-corrected chi connectivity index (χ4v) is 5.00. The lowest BCUT2D eigenvalue weighted by Crippen LogP contribution is -2.18. The molecule has 2 atom stereocenters. The molecule has 0 aliphatic heterocycles. The summed E-state index contributed by atoms with van der Waals surface area (Å²) in [5.74, 6) is -2.85. The molecular weight excluding hydrogens is 513 g/mol. The van der Waals surface area contributed by atoms with E-state index in [1.165, 1.54) is 42.6 Å². The number of Topliss-reactive ketones (excluding diaryl/α,β-unsaturated/α-hetero) is 1. The normalized spacial score (nSPS) is 19.4. The van der Waals surface area contributed by atoms with Gasteiger partial charge in [0.25, 0.3) is 5.91 Å². The molecule has 4 rings (SSSR count). The molecule has 1 aromatic heterocycles. The first-order valence-electron chi connectivity index (χ1n) is 9.68. The molecule has 0 saturated heterocycles. The third-order valence-corrected chi connectivity index (χ3v) is 6.66. The number of nitrogens with zero attached hydrogens (tertiary/aromatic N) is 2. The zero-order valence-electron chi connectivity index (χ0n) is 16.7. The van der Waals surface area contributed by atoms with Gasteiger partial charge in [0.15, 0.2) is 5.78 Å². The topological polar surface area (TPSA) is 71.7 Å². The first-order valence-corrected chi connectivity index (χ1v) is 11.2. The van der Waals surface area contributed by atoms with Gasteiger partial charge in [-0.15, -0.1) is 23.2 Å². The maximum Gasteiger partial charge on any atom is 0.253 e. The number of hydrogen-bond donors (Lipinski definition) is 1. The minimum Gasteiger partial charge on any atom is -0.428 e. The molecule has 170 valence electrons. The van der Waals surface area contributed by atoms with Crippen LogP contribution in [0.3, 0.4) is 0 Å². The van der Waals surface area contributed by atoms with E-state index in [0.717, 1.165) is 0 Å². The highest BCUT2D eigenvalue weighted by atomic mass is 35.5. The monoisotopic (exact) mass is 526 g/mol. The SMILES string of the molecule is O=C(Cc1ccc(F)cc1)c1cc(=NC(=O)C2C(c3cc(Cl)cc(Cl)c3)C2(Cl)Cl)ccn1O. The highest BCUT2D eigenvalue weighted by Crippen LogP contribution is 2.65. The fourth-order valence-electron chi connectivity index (χ4n) is 3.64. The quantitative estimate of drug-likeness (QED) is 0.266. The van der Waals surface area contributed by atoms with Crippen LogP contribution in [-0.4, -0.2) is 26.0 Å². The van der Waals surface area contributed by atoms with Gasteiger partial charge in [-0.05, 0) is 53.6 Å². The second-order valence-corrected chi connectivity index (χ2v) is 9.94. The van der Waals surface area contributed by atoms with Gasteiger partial charge >= 0.3 is 0 Å². The molecular formula is C23H15Cl4FN2O3. The van der Waals surface area contributed by atoms with E-state index in [2.05, 4.69) is 4.99 Å². The van der Waals surface area contributed by atoms with Gasteiger partial charge in [-0.3, -0.25) is 9.59 Å². The highest BCUT2D eigenvalue weighted by molar-refractivity contribution is 6.53. The van der Waals surface area contributed by atoms with E-state index in [1.54, 1.807) is 18.2 Å². The van der Waals surface area contributed by atoms with Gasteiger partial charge in [0.05, 0.1) is 11.3 Å². The Morgan fingerprint density at radius 3 is 2.30 bits per heavy atom. The van der Waals surface area contributed by atoms with Crippen LogP contribution in [0.2, 0.25) is 10.0 Å². The summed E-state index contributed by atoms with van der Waals surface area (Å²) in [5, 5.41) is 11.0. The van der Waals surface area contributed by atoms with E-state index in [0.29, 0.717) is 25.9 Å². The zero-order valence-corrected chi connectivity index (χ0v) is 19.7. The van der Waals surface area contributed by atoms with Crippen molar-refractivity contribution in [2.24, 2.45) is 10.9 Å². The number of aromatic nitrogens is 1. The molecule has 1 amide bonds. The van der Waals surface area contributed by atoms with Crippen LogP contribution in [-0.2, 0) is 11.2 Å². The van der Waals surface area contributed by atoms with Crippen molar-refractivity contribution in [3.05, 3.63) is 98.8 Å². The van der Waals surface area contributed by atoms with Gasteiger partial charge in [0, 0.05) is 28.6 Å². The molecule has 1 fully saturated rings. The van der Waals surface area contributed by atoms with Crippen molar-refractivity contribution in [1.82, 2.24) is 4.73 Å². The Balaban J connectivity index is 1.58. The predicted octanol–water partition coefficient (Wildman–Crippen LogP) is 5.61. The summed E-state index contributed by atoms with van der Waals surface area (Å²) in [6.45, 7) is 0. The Morgan fingerprint density at radius 1 is 1.03 bits per heavy atom. The highest BCUT2D eigenvalue weighted by Gasteiger charge is 2.67. The molecule has 3 aromatic rings. The third kappa shape index (κ3) is 5.09. The minimum absolute atomic E-state index is 0.0784. The first kappa shape index (κ1) is 23.8. The molecule has 0 spiro atoms. The van der Waals surface area contributed by atoms with Crippen molar-refractivity contribution in [2.45, 2.75) is 16.7 Å². The molecule has 1 saturated carbocycles. The Labute approximate surface area is 208 Å². The molecule has 0 bridgehead atoms. The number of rotatable bonds is 5. The number of hydrogen-bond acceptors (Lipinski definition) is 3. The van der Waals surface area contributed by atoms with Crippen LogP contribution in [0.1, 0.15) is 27.5 Å². The maximum absolute atomic E-state index is 13.1. The van der Waals surface area contributed by atoms with Crippen LogP contribution in [0.25, 0.3) is 0 Å². The number of carbonyl (C=O) groups is 2. The molecule has 1 aliphatic carbocycles. The summed E-state index contributed by atoms with van der Waals surface area (Å²) < 4.78 is 12.3. The number of alkyl halides is 2. The van der Waals surface area contributed by atoms with Crippen LogP contribution in [0.15, 0.2) is 65.8 Å². The molecule has 33 heavy (non-hydrogen) atoms. The fraction of sp³-hybridized carbons (Fsp3) is 0.174. The lowest BCUT2D eigenvalue weighted by molar-refractivity contribution is -0.119. The molecule has 0 radical (unpaired) electrons. The number of benzene rings is 2. The summed E-state index contributed by atoms with van der Waals surface area (Å²) in [7, 11) is 0. The number of halogens is 5. The predicted molar refractivity (Wildman–Crippen MR) is 124 cm³/mol. The Morgan fingerprint density at radius 2 is 1.67 bits per heavy atom. The molecule has 1 aliphatic rings. The Bertz CT molecular complexity index is 1300. The minimum atomic E-state index is -1.39. The first-order chi connectivity index (χ1) is 15.6. The lowest BCUT2D eigenvalue weighted by Gasteiger charge is -2.06. The van der Waals surface area contributed by atoms with Crippen LogP contribution in [0.4, 0.5) is 4.39 Å². The molecule has 1 heterocycles. The number of amides is 1. The third-order valence-electron chi connectivity index (χ3n) is 5.28. The standard InChI is InChI=1S/C23H15Cl4FN2O3/c24-14-8-13(9-15(25)10-14)20-21(23(20,26)27)22(32)29-17-5-6-30(33)18(11-17)19(31)7-12-1-3-16(28)4-2-12/h1-6,8-11,20-21,33H,7H2. The number of carbonyl (C=O) groups excluding carboxylic acids is 2. The van der Waals surface area contributed by atoms with Crippen molar-refractivity contribution in [1.29, 1.82) is 0 Å². The molecule has 1 N–H and O–H groups in total. The van der Waals surface area contributed by atoms with Crippen LogP contribution < -0.4 is 5.36 Å². The summed E-state index contributed by atoms with van der Waals surface area (Å²) in [4.78, 5) is 29.5. The molecule has 10 heteroatoms. The van der Waals surface area contributed by atoms with Crippen molar-refractivity contribution in [3.63, 3.8) is 0 Å². The van der Waals surface area contributed by atoms with E-state index in [4.69, 9.17) is 46.4 Å². The average Bonchev–Trinajstić information content (AvgIpc) is 3.32. The number of ketones is 1. The summed E-state index contributed by atoms with van der Waals surface area (Å²) in [5.41, 5.74) is 1.09. The van der Waals surface area contributed by atoms with Crippen LogP contribution in [0, 0.1) is 11.7 Å². The van der Waals surface area contributed by atoms with Crippen molar-refractivity contribution < 1.29 is 19.2 Å². The average molecular weight is 528 g/mol. The summed E-state index contributed by atoms with van der Waals surface area (Å²) in [6, 6.07) is 12.9. The van der Waals surface area contributed by atoms with Gasteiger partial charge < -0.3 is 5.21 Å². The van der Waals surface area contributed by atoms with Gasteiger partial charge in [0.2, 0.25) is 0 Å². The maximum atomic E-state index is 13.1. The second kappa shape index (κ2) is 9.11. The Kier molecular flexibility index (Phi) is 6.56. The van der Waals surface area contributed by atoms with Crippen LogP contribution >= 0.6 is 46.4 Å². The zero-order chi connectivity index (χ0) is 23.9. The van der Waals surface area contributed by atoms with E-state index < -0.39 is 33.7 Å². The van der Waals surface area contributed by atoms with Gasteiger partial charge in [-0.25, -0.2) is 9.38 Å². The summed E-state index contributed by atoms with van der Waals surface area (Å²) in [6.07, 6.45) is 1.12. The number of pyridine rings is 1. The van der Waals surface area contributed by atoms with Crippen LogP contribution in [0.5, 0.6) is 0 Å². The molecule has 2 aromatic carbocycles. The second-order valence-electron chi connectivity index (χ2n) is 7.62. The van der Waals surface area contributed by atoms with Crippen molar-refractivity contribution in [3.8, 4) is 0 Å². The van der Waals surface area contributed by atoms with Gasteiger partial charge in [-0.2, -0.15) is 4.73 Å². The van der Waals surface area contributed by atoms with Crippen molar-refractivity contribution in [2.75, 3.05) is 0 Å². The summed E-state index contributed by atoms with van der Waals surface area (Å²) >= 11 is 24.8. The van der Waals surface area contributed by atoms with E-state index in [-0.39, 0.29) is 17.5 Å². The van der Waals surface area contributed by atoms with E-state index in [9.17, 15) is 19.2 Å². The van der Waals surface area contributed by atoms with Gasteiger partial charge in [0.1, 0.15) is 15.8 Å². The van der Waals surface area contributed by atoms with E-state index >= 15 is 0 Å². The largest absolute Gasteiger partial charge is 0.428 e. The molecule has 5 nitrogen and oxygen atoms in total. The smallest absolute Gasteiger partial charge is 0.253 e. The lowest BCUT2D eigenvalue weighted by atomic mass is 10.1. The van der Waals surface area contributed by atoms with Crippen molar-refractivity contribution >= 4 is 58.1 Å². The van der Waals surface area contributed by atoms with E-state index in [1.807, 2.05) is 0 Å². The molecule has 2 unspecified atom stereocenters. The van der Waals surface area contributed by atoms with Gasteiger partial charge in [-0.1, -0.05) is 35.3 Å². The Hall–Kier alpha value is -2.38.